The molecule has 36 heavy (non-hydrogen) atoms. The molecule has 0 saturated carbocycles. The van der Waals surface area contributed by atoms with Gasteiger partial charge in [-0.2, -0.15) is 18.2 Å². The Labute approximate surface area is 207 Å². The van der Waals surface area contributed by atoms with Crippen molar-refractivity contribution in [2.45, 2.75) is 44.9 Å². The van der Waals surface area contributed by atoms with Crippen LogP contribution >= 0.6 is 0 Å². The fourth-order valence-corrected chi connectivity index (χ4v) is 5.06. The minimum atomic E-state index is -4.47. The van der Waals surface area contributed by atoms with Gasteiger partial charge >= 0.3 is 6.18 Å². The van der Waals surface area contributed by atoms with E-state index in [2.05, 4.69) is 21.7 Å². The summed E-state index contributed by atoms with van der Waals surface area (Å²) >= 11 is 0. The fraction of sp³-hybridized carbons (Fsp3) is 0.423. The average molecular weight is 501 g/mol. The van der Waals surface area contributed by atoms with Crippen molar-refractivity contribution in [2.24, 2.45) is 0 Å². The Bertz CT molecular complexity index is 1220. The molecule has 1 unspecified atom stereocenters. The van der Waals surface area contributed by atoms with Crippen molar-refractivity contribution >= 4 is 17.6 Å². The lowest BCUT2D eigenvalue weighted by molar-refractivity contribution is -0.137. The Hall–Kier alpha value is -3.43. The summed E-state index contributed by atoms with van der Waals surface area (Å²) in [5.74, 6) is 0.967. The molecule has 2 aliphatic heterocycles. The quantitative estimate of drug-likeness (QED) is 0.447. The van der Waals surface area contributed by atoms with E-state index >= 15 is 0 Å². The second-order valence-electron chi connectivity index (χ2n) is 9.46. The molecular formula is C26H28F4N6. The number of aromatic nitrogens is 3. The maximum Gasteiger partial charge on any atom is 0.419 e. The van der Waals surface area contributed by atoms with Gasteiger partial charge in [0, 0.05) is 56.1 Å². The van der Waals surface area contributed by atoms with Crippen molar-refractivity contribution < 1.29 is 17.6 Å². The third-order valence-electron chi connectivity index (χ3n) is 6.96. The third-order valence-corrected chi connectivity index (χ3v) is 6.96. The highest BCUT2D eigenvalue weighted by molar-refractivity contribution is 5.66. The fourth-order valence-electron chi connectivity index (χ4n) is 5.06. The summed E-state index contributed by atoms with van der Waals surface area (Å²) in [6.45, 7) is 6.19. The molecule has 1 aromatic carbocycles. The lowest BCUT2D eigenvalue weighted by Gasteiger charge is -2.42. The molecule has 5 rings (SSSR count). The summed E-state index contributed by atoms with van der Waals surface area (Å²) in [5, 5.41) is 0. The van der Waals surface area contributed by atoms with Gasteiger partial charge in [-0.15, -0.1) is 0 Å². The summed E-state index contributed by atoms with van der Waals surface area (Å²) < 4.78 is 54.3. The Morgan fingerprint density at radius 1 is 0.917 bits per heavy atom. The zero-order valence-corrected chi connectivity index (χ0v) is 20.2. The van der Waals surface area contributed by atoms with Crippen LogP contribution in [0.1, 0.15) is 32.3 Å². The zero-order valence-electron chi connectivity index (χ0n) is 20.2. The van der Waals surface area contributed by atoms with Crippen molar-refractivity contribution in [1.29, 1.82) is 0 Å². The Kier molecular flexibility index (Phi) is 6.44. The summed E-state index contributed by atoms with van der Waals surface area (Å²) in [7, 11) is 0. The van der Waals surface area contributed by atoms with Crippen LogP contribution in [0.2, 0.25) is 0 Å². The molecule has 0 spiro atoms. The van der Waals surface area contributed by atoms with Crippen LogP contribution in [0, 0.1) is 5.82 Å². The summed E-state index contributed by atoms with van der Waals surface area (Å²) in [4.78, 5) is 19.7. The van der Waals surface area contributed by atoms with Gasteiger partial charge in [0.25, 0.3) is 0 Å². The minimum Gasteiger partial charge on any atom is -0.352 e. The van der Waals surface area contributed by atoms with E-state index in [0.29, 0.717) is 43.1 Å². The number of rotatable bonds is 4. The van der Waals surface area contributed by atoms with Crippen molar-refractivity contribution in [3.8, 4) is 11.3 Å². The minimum absolute atomic E-state index is 0.0437. The molecule has 0 bridgehead atoms. The van der Waals surface area contributed by atoms with E-state index in [1.165, 1.54) is 24.4 Å². The molecule has 10 heteroatoms. The summed E-state index contributed by atoms with van der Waals surface area (Å²) in [6, 6.07) is 10.6. The van der Waals surface area contributed by atoms with Crippen LogP contribution in [0.15, 0.2) is 48.7 Å². The van der Waals surface area contributed by atoms with Gasteiger partial charge in [0.15, 0.2) is 0 Å². The number of piperazine rings is 1. The predicted octanol–water partition coefficient (Wildman–Crippen LogP) is 5.40. The molecule has 0 radical (unpaired) electrons. The second-order valence-corrected chi connectivity index (χ2v) is 9.46. The highest BCUT2D eigenvalue weighted by Crippen LogP contribution is 2.36. The molecule has 3 aromatic rings. The predicted molar refractivity (Wildman–Crippen MR) is 132 cm³/mol. The van der Waals surface area contributed by atoms with Crippen LogP contribution in [-0.4, -0.2) is 53.2 Å². The van der Waals surface area contributed by atoms with E-state index in [9.17, 15) is 17.6 Å². The number of nitrogens with zero attached hydrogens (tertiary/aromatic N) is 6. The van der Waals surface area contributed by atoms with Gasteiger partial charge < -0.3 is 14.7 Å². The summed E-state index contributed by atoms with van der Waals surface area (Å²) in [5.41, 5.74) is 0.743. The third kappa shape index (κ3) is 4.81. The van der Waals surface area contributed by atoms with Gasteiger partial charge in [-0.25, -0.2) is 14.4 Å². The first-order valence-electron chi connectivity index (χ1n) is 12.2. The molecule has 0 amide bonds. The lowest BCUT2D eigenvalue weighted by atomic mass is 10.1. The highest BCUT2D eigenvalue weighted by atomic mass is 19.4. The van der Waals surface area contributed by atoms with Crippen molar-refractivity contribution in [1.82, 2.24) is 15.0 Å². The van der Waals surface area contributed by atoms with Crippen molar-refractivity contribution in [3.63, 3.8) is 0 Å². The Morgan fingerprint density at radius 2 is 1.69 bits per heavy atom. The normalized spacial score (nSPS) is 20.8. The van der Waals surface area contributed by atoms with Gasteiger partial charge in [-0.05, 0) is 63.1 Å². The van der Waals surface area contributed by atoms with Crippen molar-refractivity contribution in [2.75, 3.05) is 40.9 Å². The molecule has 2 aromatic heterocycles. The number of benzene rings is 1. The van der Waals surface area contributed by atoms with Crippen molar-refractivity contribution in [3.05, 3.63) is 60.0 Å². The van der Waals surface area contributed by atoms with Crippen LogP contribution in [0.3, 0.4) is 0 Å². The largest absolute Gasteiger partial charge is 0.419 e. The Balaban J connectivity index is 1.46. The maximum atomic E-state index is 13.6. The number of alkyl halides is 3. The van der Waals surface area contributed by atoms with E-state index in [1.54, 1.807) is 17.0 Å². The van der Waals surface area contributed by atoms with Gasteiger partial charge in [0.05, 0.1) is 11.3 Å². The number of hydrogen-bond acceptors (Lipinski definition) is 6. The molecule has 6 nitrogen and oxygen atoms in total. The van der Waals surface area contributed by atoms with Crippen LogP contribution in [0.5, 0.6) is 0 Å². The zero-order chi connectivity index (χ0) is 25.4. The number of hydrogen-bond donors (Lipinski definition) is 0. The molecule has 2 saturated heterocycles. The van der Waals surface area contributed by atoms with Crippen LogP contribution in [0.4, 0.5) is 35.1 Å². The second kappa shape index (κ2) is 9.55. The highest BCUT2D eigenvalue weighted by Gasteiger charge is 2.37. The van der Waals surface area contributed by atoms with Gasteiger partial charge in [0.1, 0.15) is 17.5 Å². The van der Waals surface area contributed by atoms with E-state index < -0.39 is 11.7 Å². The first-order chi connectivity index (χ1) is 17.2. The number of anilines is 3. The van der Waals surface area contributed by atoms with E-state index in [-0.39, 0.29) is 17.7 Å². The molecule has 2 atom stereocenters. The maximum absolute atomic E-state index is 13.6. The number of pyridine rings is 1. The van der Waals surface area contributed by atoms with Gasteiger partial charge in [-0.3, -0.25) is 0 Å². The monoisotopic (exact) mass is 500 g/mol. The average Bonchev–Trinajstić information content (AvgIpc) is 3.29. The van der Waals surface area contributed by atoms with Crippen LogP contribution in [0.25, 0.3) is 11.3 Å². The first kappa shape index (κ1) is 24.3. The van der Waals surface area contributed by atoms with E-state index in [0.717, 1.165) is 31.0 Å². The summed E-state index contributed by atoms with van der Waals surface area (Å²) in [6.07, 6.45) is -0.964. The van der Waals surface area contributed by atoms with Gasteiger partial charge in [0.2, 0.25) is 5.95 Å². The molecule has 190 valence electrons. The van der Waals surface area contributed by atoms with Crippen LogP contribution in [-0.2, 0) is 6.18 Å². The number of halogens is 4. The SMILES string of the molecule is CC1CCCN1c1nc(-c2ccc(F)cc2)cc(N2CCN(c3ncccc3C(F)(F)F)C[C@H]2C)n1. The molecule has 4 heterocycles. The topological polar surface area (TPSA) is 48.4 Å². The molecule has 2 fully saturated rings. The van der Waals surface area contributed by atoms with Crippen LogP contribution < -0.4 is 14.7 Å². The molecule has 0 N–H and O–H groups in total. The van der Waals surface area contributed by atoms with E-state index in [4.69, 9.17) is 9.97 Å². The Morgan fingerprint density at radius 3 is 2.36 bits per heavy atom. The lowest BCUT2D eigenvalue weighted by Crippen LogP contribution is -2.53. The molecular weight excluding hydrogens is 472 g/mol. The molecule has 0 aliphatic carbocycles. The van der Waals surface area contributed by atoms with E-state index in [1.807, 2.05) is 13.0 Å². The molecule has 2 aliphatic rings. The van der Waals surface area contributed by atoms with Gasteiger partial charge in [-0.1, -0.05) is 0 Å². The smallest absolute Gasteiger partial charge is 0.352 e. The standard InChI is InChI=1S/C26H28F4N6/c1-17-5-4-12-36(17)25-32-22(19-7-9-20(27)10-8-19)15-23(33-25)35-14-13-34(16-18(35)2)24-21(26(28,29)30)6-3-11-31-24/h3,6-11,15,17-18H,4-5,12-14,16H2,1-2H3/t17?,18-/m1/s1. The first-order valence-corrected chi connectivity index (χ1v) is 12.2.